The number of fused-ring (bicyclic) bond motifs is 1. The number of nitrogens with two attached hydrogens (primary N) is 1. The summed E-state index contributed by atoms with van der Waals surface area (Å²) in [5.41, 5.74) is 8.29. The Labute approximate surface area is 187 Å². The number of amides is 2. The molecule has 3 heterocycles. The van der Waals surface area contributed by atoms with E-state index in [1.54, 1.807) is 43.7 Å². The molecule has 0 fully saturated rings. The highest BCUT2D eigenvalue weighted by Crippen LogP contribution is 2.39. The summed E-state index contributed by atoms with van der Waals surface area (Å²) >= 11 is 7.50. The number of benzene rings is 1. The molecule has 2 amide bonds. The molecule has 3 aromatic heterocycles. The number of thiophene rings is 1. The van der Waals surface area contributed by atoms with E-state index in [-0.39, 0.29) is 12.0 Å². The summed E-state index contributed by atoms with van der Waals surface area (Å²) in [4.78, 5) is 29.4. The Morgan fingerprint density at radius 3 is 2.74 bits per heavy atom. The number of imidazole rings is 1. The average molecular weight is 455 g/mol. The highest BCUT2D eigenvalue weighted by atomic mass is 35.5. The van der Waals surface area contributed by atoms with Crippen molar-refractivity contribution in [2.45, 2.75) is 13.0 Å². The van der Waals surface area contributed by atoms with Crippen LogP contribution in [0.4, 0.5) is 0 Å². The van der Waals surface area contributed by atoms with E-state index >= 15 is 0 Å². The van der Waals surface area contributed by atoms with Gasteiger partial charge in [0.2, 0.25) is 0 Å². The SMILES string of the molecule is CNC(=O)c1ccn2c(-c3cc(OC(C)c4ccccc4Cl)c(C(N)=O)s3)cnc2c1. The normalized spacial score (nSPS) is 12.0. The minimum absolute atomic E-state index is 0.191. The lowest BCUT2D eigenvalue weighted by Crippen LogP contribution is -2.17. The van der Waals surface area contributed by atoms with Gasteiger partial charge in [0.05, 0.1) is 16.8 Å². The molecule has 4 rings (SSSR count). The van der Waals surface area contributed by atoms with Gasteiger partial charge in [-0.05, 0) is 25.1 Å². The lowest BCUT2D eigenvalue weighted by Gasteiger charge is -2.16. The zero-order chi connectivity index (χ0) is 22.1. The molecule has 0 saturated heterocycles. The van der Waals surface area contributed by atoms with Gasteiger partial charge in [0.1, 0.15) is 22.4 Å². The van der Waals surface area contributed by atoms with E-state index in [0.29, 0.717) is 26.9 Å². The monoisotopic (exact) mass is 454 g/mol. The van der Waals surface area contributed by atoms with Gasteiger partial charge in [-0.3, -0.25) is 14.0 Å². The summed E-state index contributed by atoms with van der Waals surface area (Å²) in [5, 5.41) is 3.18. The number of halogens is 1. The van der Waals surface area contributed by atoms with Crippen molar-refractivity contribution in [2.24, 2.45) is 5.73 Å². The first-order valence-electron chi connectivity index (χ1n) is 9.43. The first-order valence-corrected chi connectivity index (χ1v) is 10.6. The van der Waals surface area contributed by atoms with Crippen molar-refractivity contribution in [1.29, 1.82) is 0 Å². The highest BCUT2D eigenvalue weighted by Gasteiger charge is 2.21. The molecule has 9 heteroatoms. The van der Waals surface area contributed by atoms with E-state index in [4.69, 9.17) is 22.1 Å². The fraction of sp³-hybridized carbons (Fsp3) is 0.136. The van der Waals surface area contributed by atoms with Gasteiger partial charge >= 0.3 is 0 Å². The van der Waals surface area contributed by atoms with Crippen LogP contribution in [0.25, 0.3) is 16.2 Å². The van der Waals surface area contributed by atoms with Crippen molar-refractivity contribution in [3.8, 4) is 16.3 Å². The first-order chi connectivity index (χ1) is 14.9. The van der Waals surface area contributed by atoms with E-state index in [0.717, 1.165) is 16.1 Å². The zero-order valence-corrected chi connectivity index (χ0v) is 18.3. The van der Waals surface area contributed by atoms with Crippen molar-refractivity contribution in [1.82, 2.24) is 14.7 Å². The molecular formula is C22H19ClN4O3S. The summed E-state index contributed by atoms with van der Waals surface area (Å²) in [5.74, 6) is -0.381. The molecule has 3 N–H and O–H groups in total. The standard InChI is InChI=1S/C22H19ClN4O3S/c1-12(14-5-3-4-6-15(14)23)30-17-10-18(31-20(17)21(24)28)16-11-26-19-9-13(22(29)25-2)7-8-27(16)19/h3-12H,1-2H3,(H2,24,28)(H,25,29). The number of nitrogens with one attached hydrogen (secondary N) is 1. The number of hydrogen-bond donors (Lipinski definition) is 2. The second-order valence-corrected chi connectivity index (χ2v) is 8.28. The lowest BCUT2D eigenvalue weighted by molar-refractivity contribution is 0.0961. The molecule has 0 bridgehead atoms. The van der Waals surface area contributed by atoms with Gasteiger partial charge in [-0.15, -0.1) is 11.3 Å². The van der Waals surface area contributed by atoms with Gasteiger partial charge in [0.15, 0.2) is 0 Å². The van der Waals surface area contributed by atoms with Crippen molar-refractivity contribution < 1.29 is 14.3 Å². The van der Waals surface area contributed by atoms with Crippen molar-refractivity contribution in [2.75, 3.05) is 7.05 Å². The van der Waals surface area contributed by atoms with Crippen LogP contribution in [0.5, 0.6) is 5.75 Å². The summed E-state index contributed by atoms with van der Waals surface area (Å²) < 4.78 is 7.91. The van der Waals surface area contributed by atoms with Gasteiger partial charge in [-0.25, -0.2) is 4.98 Å². The Kier molecular flexibility index (Phi) is 5.67. The van der Waals surface area contributed by atoms with Crippen molar-refractivity contribution >= 4 is 40.4 Å². The second-order valence-electron chi connectivity index (χ2n) is 6.82. The van der Waals surface area contributed by atoms with Gasteiger partial charge < -0.3 is 15.8 Å². The van der Waals surface area contributed by atoms with Crippen LogP contribution in [0.1, 0.15) is 38.6 Å². The van der Waals surface area contributed by atoms with Crippen LogP contribution in [0.2, 0.25) is 5.02 Å². The number of carbonyl (C=O) groups is 2. The molecule has 1 atom stereocenters. The van der Waals surface area contributed by atoms with E-state index in [2.05, 4.69) is 10.3 Å². The van der Waals surface area contributed by atoms with Crippen molar-refractivity contribution in [3.63, 3.8) is 0 Å². The quantitative estimate of drug-likeness (QED) is 0.453. The van der Waals surface area contributed by atoms with E-state index in [1.807, 2.05) is 29.5 Å². The van der Waals surface area contributed by atoms with Crippen LogP contribution in [0.15, 0.2) is 54.9 Å². The third-order valence-electron chi connectivity index (χ3n) is 4.82. The predicted octanol–water partition coefficient (Wildman–Crippen LogP) is 4.31. The number of nitrogens with zero attached hydrogens (tertiary/aromatic N) is 2. The third kappa shape index (κ3) is 3.99. The fourth-order valence-corrected chi connectivity index (χ4v) is 4.51. The number of carbonyl (C=O) groups excluding carboxylic acids is 2. The minimum atomic E-state index is -0.576. The molecule has 0 aliphatic heterocycles. The zero-order valence-electron chi connectivity index (χ0n) is 16.8. The Balaban J connectivity index is 1.71. The van der Waals surface area contributed by atoms with E-state index in [1.165, 1.54) is 11.3 Å². The van der Waals surface area contributed by atoms with Crippen LogP contribution >= 0.6 is 22.9 Å². The first kappa shape index (κ1) is 20.9. The molecule has 158 valence electrons. The number of pyridine rings is 1. The Morgan fingerprint density at radius 2 is 2.03 bits per heavy atom. The van der Waals surface area contributed by atoms with Crippen LogP contribution in [0, 0.1) is 0 Å². The molecule has 0 spiro atoms. The smallest absolute Gasteiger partial charge is 0.262 e. The molecule has 7 nitrogen and oxygen atoms in total. The Hall–Kier alpha value is -3.36. The maximum atomic E-state index is 12.1. The van der Waals surface area contributed by atoms with Gasteiger partial charge in [0, 0.05) is 35.5 Å². The number of rotatable bonds is 6. The molecule has 1 unspecified atom stereocenters. The van der Waals surface area contributed by atoms with Crippen LogP contribution in [0.3, 0.4) is 0 Å². The number of aromatic nitrogens is 2. The largest absolute Gasteiger partial charge is 0.484 e. The number of primary amides is 1. The van der Waals surface area contributed by atoms with Crippen molar-refractivity contribution in [3.05, 3.63) is 75.9 Å². The van der Waals surface area contributed by atoms with E-state index in [9.17, 15) is 9.59 Å². The predicted molar refractivity (Wildman–Crippen MR) is 121 cm³/mol. The molecule has 0 radical (unpaired) electrons. The summed E-state index contributed by atoms with van der Waals surface area (Å²) in [6, 6.07) is 12.6. The maximum Gasteiger partial charge on any atom is 0.262 e. The highest BCUT2D eigenvalue weighted by molar-refractivity contribution is 7.17. The Morgan fingerprint density at radius 1 is 1.26 bits per heavy atom. The molecule has 0 saturated carbocycles. The van der Waals surface area contributed by atoms with Crippen LogP contribution < -0.4 is 15.8 Å². The molecule has 4 aromatic rings. The van der Waals surface area contributed by atoms with Gasteiger partial charge in [-0.2, -0.15) is 0 Å². The number of ether oxygens (including phenoxy) is 1. The summed E-state index contributed by atoms with van der Waals surface area (Å²) in [6.07, 6.45) is 3.06. The summed E-state index contributed by atoms with van der Waals surface area (Å²) in [6.45, 7) is 1.86. The maximum absolute atomic E-state index is 12.1. The summed E-state index contributed by atoms with van der Waals surface area (Å²) in [7, 11) is 1.58. The molecule has 0 aliphatic rings. The van der Waals surface area contributed by atoms with Gasteiger partial charge in [-0.1, -0.05) is 29.8 Å². The van der Waals surface area contributed by atoms with Crippen LogP contribution in [-0.2, 0) is 0 Å². The lowest BCUT2D eigenvalue weighted by atomic mass is 10.1. The second kappa shape index (κ2) is 8.41. The fourth-order valence-electron chi connectivity index (χ4n) is 3.27. The average Bonchev–Trinajstić information content (AvgIpc) is 3.36. The third-order valence-corrected chi connectivity index (χ3v) is 6.32. The van der Waals surface area contributed by atoms with Gasteiger partial charge in [0.25, 0.3) is 11.8 Å². The Bertz CT molecular complexity index is 1300. The van der Waals surface area contributed by atoms with Crippen LogP contribution in [-0.4, -0.2) is 28.2 Å². The van der Waals surface area contributed by atoms with E-state index < -0.39 is 5.91 Å². The minimum Gasteiger partial charge on any atom is -0.484 e. The molecule has 0 aliphatic carbocycles. The molecule has 1 aromatic carbocycles. The molecular weight excluding hydrogens is 436 g/mol. The number of hydrogen-bond acceptors (Lipinski definition) is 5. The molecule has 31 heavy (non-hydrogen) atoms. The topological polar surface area (TPSA) is 98.7 Å².